The van der Waals surface area contributed by atoms with E-state index >= 15 is 0 Å². The molecule has 0 atom stereocenters. The molecule has 0 heterocycles. The summed E-state index contributed by atoms with van der Waals surface area (Å²) in [5.41, 5.74) is 3.12. The average Bonchev–Trinajstić information content (AvgIpc) is 2.58. The van der Waals surface area contributed by atoms with Crippen LogP contribution < -0.4 is 10.1 Å². The number of alkyl halides is 1. The van der Waals surface area contributed by atoms with Crippen LogP contribution >= 0.6 is 15.9 Å². The molecule has 0 aliphatic rings. The summed E-state index contributed by atoms with van der Waals surface area (Å²) in [6, 6.07) is 16.1. The van der Waals surface area contributed by atoms with E-state index in [9.17, 15) is 4.79 Å². The summed E-state index contributed by atoms with van der Waals surface area (Å²) in [6.45, 7) is 2.52. The number of halogens is 1. The first-order valence-corrected chi connectivity index (χ1v) is 9.00. The number of amides is 1. The predicted molar refractivity (Wildman–Crippen MR) is 98.5 cm³/mol. The second kappa shape index (κ2) is 9.36. The molecule has 0 aliphatic heterocycles. The molecule has 1 N–H and O–H groups in total. The minimum absolute atomic E-state index is 0.0172. The molecule has 3 nitrogen and oxygen atoms in total. The highest BCUT2D eigenvalue weighted by atomic mass is 79.9. The van der Waals surface area contributed by atoms with Crippen molar-refractivity contribution in [3.8, 4) is 5.75 Å². The van der Waals surface area contributed by atoms with Crippen LogP contribution in [0.3, 0.4) is 0 Å². The van der Waals surface area contributed by atoms with Gasteiger partial charge in [0, 0.05) is 29.4 Å². The maximum atomic E-state index is 11.6. The molecule has 0 aliphatic carbocycles. The SMILES string of the molecule is CCC(=O)Nc1ccc(OCCCBr)c(Cc2ccccc2)c1. The summed E-state index contributed by atoms with van der Waals surface area (Å²) in [7, 11) is 0. The van der Waals surface area contributed by atoms with E-state index in [-0.39, 0.29) is 5.91 Å². The van der Waals surface area contributed by atoms with Gasteiger partial charge in [-0.25, -0.2) is 0 Å². The van der Waals surface area contributed by atoms with Crippen molar-refractivity contribution >= 4 is 27.5 Å². The summed E-state index contributed by atoms with van der Waals surface area (Å²) >= 11 is 3.41. The number of carbonyl (C=O) groups is 1. The first kappa shape index (κ1) is 17.5. The molecule has 0 unspecified atom stereocenters. The van der Waals surface area contributed by atoms with E-state index in [4.69, 9.17) is 4.74 Å². The molecular formula is C19H22BrNO2. The average molecular weight is 376 g/mol. The Kier molecular flexibility index (Phi) is 7.14. The fourth-order valence-corrected chi connectivity index (χ4v) is 2.47. The summed E-state index contributed by atoms with van der Waals surface area (Å²) in [6.07, 6.45) is 2.21. The van der Waals surface area contributed by atoms with E-state index in [1.54, 1.807) is 0 Å². The fraction of sp³-hybridized carbons (Fsp3) is 0.316. The lowest BCUT2D eigenvalue weighted by Gasteiger charge is -2.14. The zero-order chi connectivity index (χ0) is 16.5. The van der Waals surface area contributed by atoms with Crippen LogP contribution in [0, 0.1) is 0 Å². The summed E-state index contributed by atoms with van der Waals surface area (Å²) in [4.78, 5) is 11.6. The van der Waals surface area contributed by atoms with Gasteiger partial charge in [0.2, 0.25) is 5.91 Å². The van der Waals surface area contributed by atoms with Gasteiger partial charge in [-0.15, -0.1) is 0 Å². The van der Waals surface area contributed by atoms with Gasteiger partial charge in [0.15, 0.2) is 0 Å². The minimum Gasteiger partial charge on any atom is -0.493 e. The number of nitrogens with one attached hydrogen (secondary N) is 1. The monoisotopic (exact) mass is 375 g/mol. The number of carbonyl (C=O) groups excluding carboxylic acids is 1. The second-order valence-electron chi connectivity index (χ2n) is 5.28. The zero-order valence-electron chi connectivity index (χ0n) is 13.3. The van der Waals surface area contributed by atoms with E-state index in [0.29, 0.717) is 13.0 Å². The quantitative estimate of drug-likeness (QED) is 0.531. The smallest absolute Gasteiger partial charge is 0.224 e. The molecule has 23 heavy (non-hydrogen) atoms. The number of hydrogen-bond acceptors (Lipinski definition) is 2. The van der Waals surface area contributed by atoms with E-state index in [2.05, 4.69) is 33.4 Å². The molecule has 0 saturated carbocycles. The van der Waals surface area contributed by atoms with E-state index in [1.165, 1.54) is 5.56 Å². The molecule has 0 aromatic heterocycles. The molecule has 2 aromatic rings. The number of hydrogen-bond donors (Lipinski definition) is 1. The fourth-order valence-electron chi connectivity index (χ4n) is 2.24. The number of rotatable bonds is 8. The molecule has 0 bridgehead atoms. The maximum Gasteiger partial charge on any atom is 0.224 e. The summed E-state index contributed by atoms with van der Waals surface area (Å²) in [5.74, 6) is 0.896. The molecule has 1 amide bonds. The Labute approximate surface area is 146 Å². The topological polar surface area (TPSA) is 38.3 Å². The first-order valence-electron chi connectivity index (χ1n) is 7.88. The van der Waals surface area contributed by atoms with Crippen molar-refractivity contribution < 1.29 is 9.53 Å². The standard InChI is InChI=1S/C19H22BrNO2/c1-2-19(22)21-17-9-10-18(23-12-6-11-20)16(14-17)13-15-7-4-3-5-8-15/h3-5,7-10,14H,2,6,11-13H2,1H3,(H,21,22). The Hall–Kier alpha value is -1.81. The van der Waals surface area contributed by atoms with Gasteiger partial charge in [-0.05, 0) is 30.2 Å². The van der Waals surface area contributed by atoms with Gasteiger partial charge in [-0.3, -0.25) is 4.79 Å². The number of benzene rings is 2. The zero-order valence-corrected chi connectivity index (χ0v) is 14.9. The normalized spacial score (nSPS) is 10.3. The van der Waals surface area contributed by atoms with Crippen molar-refractivity contribution in [1.29, 1.82) is 0 Å². The molecule has 0 fully saturated rings. The van der Waals surface area contributed by atoms with Crippen molar-refractivity contribution in [3.05, 3.63) is 59.7 Å². The first-order chi connectivity index (χ1) is 11.2. The lowest BCUT2D eigenvalue weighted by atomic mass is 10.0. The van der Waals surface area contributed by atoms with Gasteiger partial charge in [0.1, 0.15) is 5.75 Å². The largest absolute Gasteiger partial charge is 0.493 e. The van der Waals surface area contributed by atoms with E-state index in [0.717, 1.165) is 35.2 Å². The van der Waals surface area contributed by atoms with Crippen LogP contribution in [0.15, 0.2) is 48.5 Å². The Bertz CT molecular complexity index is 629. The maximum absolute atomic E-state index is 11.6. The van der Waals surface area contributed by atoms with Crippen LogP contribution in [0.2, 0.25) is 0 Å². The predicted octanol–water partition coefficient (Wildman–Crippen LogP) is 4.79. The van der Waals surface area contributed by atoms with E-state index < -0.39 is 0 Å². The molecule has 2 aromatic carbocycles. The Morgan fingerprint density at radius 3 is 2.65 bits per heavy atom. The number of anilines is 1. The van der Waals surface area contributed by atoms with Crippen LogP contribution in [0.4, 0.5) is 5.69 Å². The van der Waals surface area contributed by atoms with Crippen molar-refractivity contribution in [2.24, 2.45) is 0 Å². The third-order valence-corrected chi connectivity index (χ3v) is 4.00. The van der Waals surface area contributed by atoms with Crippen molar-refractivity contribution in [2.75, 3.05) is 17.3 Å². The van der Waals surface area contributed by atoms with Crippen LogP contribution in [0.1, 0.15) is 30.9 Å². The second-order valence-corrected chi connectivity index (χ2v) is 6.07. The Morgan fingerprint density at radius 1 is 1.17 bits per heavy atom. The Morgan fingerprint density at radius 2 is 1.96 bits per heavy atom. The summed E-state index contributed by atoms with van der Waals surface area (Å²) < 4.78 is 5.89. The van der Waals surface area contributed by atoms with Gasteiger partial charge in [0.05, 0.1) is 6.61 Å². The molecule has 0 radical (unpaired) electrons. The van der Waals surface area contributed by atoms with Crippen molar-refractivity contribution in [2.45, 2.75) is 26.2 Å². The van der Waals surface area contributed by atoms with Gasteiger partial charge in [-0.1, -0.05) is 53.2 Å². The highest BCUT2D eigenvalue weighted by molar-refractivity contribution is 9.09. The third kappa shape index (κ3) is 5.71. The molecule has 0 saturated heterocycles. The van der Waals surface area contributed by atoms with Gasteiger partial charge < -0.3 is 10.1 Å². The highest BCUT2D eigenvalue weighted by Gasteiger charge is 2.08. The van der Waals surface area contributed by atoms with Crippen LogP contribution in [-0.2, 0) is 11.2 Å². The molecule has 122 valence electrons. The third-order valence-electron chi connectivity index (χ3n) is 3.44. The minimum atomic E-state index is 0.0172. The lowest BCUT2D eigenvalue weighted by Crippen LogP contribution is -2.10. The van der Waals surface area contributed by atoms with Gasteiger partial charge in [-0.2, -0.15) is 0 Å². The number of ether oxygens (including phenoxy) is 1. The van der Waals surface area contributed by atoms with Gasteiger partial charge in [0.25, 0.3) is 0 Å². The van der Waals surface area contributed by atoms with Crippen LogP contribution in [0.5, 0.6) is 5.75 Å². The summed E-state index contributed by atoms with van der Waals surface area (Å²) in [5, 5.41) is 3.83. The molecule has 2 rings (SSSR count). The van der Waals surface area contributed by atoms with Crippen molar-refractivity contribution in [1.82, 2.24) is 0 Å². The molecular weight excluding hydrogens is 354 g/mol. The highest BCUT2D eigenvalue weighted by Crippen LogP contribution is 2.26. The van der Waals surface area contributed by atoms with E-state index in [1.807, 2.05) is 43.3 Å². The van der Waals surface area contributed by atoms with Crippen LogP contribution in [-0.4, -0.2) is 17.8 Å². The van der Waals surface area contributed by atoms with Gasteiger partial charge >= 0.3 is 0 Å². The Balaban J connectivity index is 2.21. The molecule has 4 heteroatoms. The molecule has 0 spiro atoms. The van der Waals surface area contributed by atoms with Crippen LogP contribution in [0.25, 0.3) is 0 Å². The lowest BCUT2D eigenvalue weighted by molar-refractivity contribution is -0.115. The van der Waals surface area contributed by atoms with Crippen molar-refractivity contribution in [3.63, 3.8) is 0 Å².